The Bertz CT molecular complexity index is 1120. The van der Waals surface area contributed by atoms with Crippen molar-refractivity contribution in [3.05, 3.63) is 90.0 Å². The van der Waals surface area contributed by atoms with Crippen molar-refractivity contribution < 1.29 is 17.9 Å². The molecule has 0 atom stereocenters. The zero-order chi connectivity index (χ0) is 23.0. The third kappa shape index (κ3) is 6.05. The fourth-order valence-electron chi connectivity index (χ4n) is 2.97. The molecule has 0 radical (unpaired) electrons. The number of thioether (sulfide) groups is 1. The molecule has 3 aromatic rings. The summed E-state index contributed by atoms with van der Waals surface area (Å²) >= 11 is 1.76. The molecule has 6 nitrogen and oxygen atoms in total. The van der Waals surface area contributed by atoms with Crippen molar-refractivity contribution >= 4 is 33.4 Å². The fraction of sp³-hybridized carbons (Fsp3) is 0.208. The van der Waals surface area contributed by atoms with Crippen LogP contribution in [0.4, 0.5) is 5.69 Å². The molecule has 0 saturated heterocycles. The number of benzene rings is 3. The van der Waals surface area contributed by atoms with Gasteiger partial charge >= 0.3 is 0 Å². The summed E-state index contributed by atoms with van der Waals surface area (Å²) in [4.78, 5) is 12.5. The lowest BCUT2D eigenvalue weighted by Gasteiger charge is -2.20. The molecule has 8 heteroatoms. The third-order valence-corrected chi connectivity index (χ3v) is 7.68. The van der Waals surface area contributed by atoms with Crippen LogP contribution in [0.3, 0.4) is 0 Å². The predicted octanol–water partition coefficient (Wildman–Crippen LogP) is 4.18. The van der Waals surface area contributed by atoms with E-state index in [0.29, 0.717) is 23.5 Å². The van der Waals surface area contributed by atoms with Gasteiger partial charge in [0.25, 0.3) is 15.9 Å². The monoisotopic (exact) mass is 470 g/mol. The van der Waals surface area contributed by atoms with Gasteiger partial charge in [0.15, 0.2) is 0 Å². The quantitative estimate of drug-likeness (QED) is 0.450. The molecule has 0 saturated carbocycles. The largest absolute Gasteiger partial charge is 0.497 e. The van der Waals surface area contributed by atoms with Gasteiger partial charge in [0.05, 0.1) is 17.7 Å². The molecule has 168 valence electrons. The molecule has 32 heavy (non-hydrogen) atoms. The second kappa shape index (κ2) is 11.1. The predicted molar refractivity (Wildman–Crippen MR) is 130 cm³/mol. The molecule has 0 heterocycles. The number of nitrogens with zero attached hydrogens (tertiary/aromatic N) is 1. The lowest BCUT2D eigenvalue weighted by Crippen LogP contribution is -2.27. The van der Waals surface area contributed by atoms with E-state index in [4.69, 9.17) is 4.74 Å². The molecule has 0 aliphatic carbocycles. The Morgan fingerprint density at radius 3 is 2.25 bits per heavy atom. The van der Waals surface area contributed by atoms with Crippen molar-refractivity contribution in [2.24, 2.45) is 0 Å². The Morgan fingerprint density at radius 2 is 1.62 bits per heavy atom. The number of methoxy groups -OCH3 is 1. The Morgan fingerprint density at radius 1 is 0.969 bits per heavy atom. The van der Waals surface area contributed by atoms with Gasteiger partial charge in [0.1, 0.15) is 5.75 Å². The molecule has 0 unspecified atom stereocenters. The number of rotatable bonds is 10. The van der Waals surface area contributed by atoms with Gasteiger partial charge in [-0.2, -0.15) is 11.8 Å². The molecule has 1 N–H and O–H groups in total. The van der Waals surface area contributed by atoms with E-state index < -0.39 is 10.0 Å². The maximum absolute atomic E-state index is 12.9. The van der Waals surface area contributed by atoms with E-state index in [0.717, 1.165) is 11.5 Å². The van der Waals surface area contributed by atoms with Crippen LogP contribution < -0.4 is 14.4 Å². The first-order valence-corrected chi connectivity index (χ1v) is 12.6. The van der Waals surface area contributed by atoms with E-state index in [9.17, 15) is 13.2 Å². The van der Waals surface area contributed by atoms with Gasteiger partial charge in [-0.25, -0.2) is 8.42 Å². The Kier molecular flexibility index (Phi) is 8.19. The van der Waals surface area contributed by atoms with Crippen molar-refractivity contribution in [1.82, 2.24) is 5.32 Å². The summed E-state index contributed by atoms with van der Waals surface area (Å²) in [6, 6.07) is 22.9. The average molecular weight is 471 g/mol. The highest BCUT2D eigenvalue weighted by Gasteiger charge is 2.21. The maximum Gasteiger partial charge on any atom is 0.264 e. The van der Waals surface area contributed by atoms with Crippen LogP contribution in [0.15, 0.2) is 83.8 Å². The van der Waals surface area contributed by atoms with Crippen LogP contribution in [0.2, 0.25) is 0 Å². The van der Waals surface area contributed by atoms with Crippen LogP contribution >= 0.6 is 11.8 Å². The van der Waals surface area contributed by atoms with Crippen LogP contribution in [0.25, 0.3) is 0 Å². The summed E-state index contributed by atoms with van der Waals surface area (Å²) in [6.45, 7) is 0.559. The number of hydrogen-bond donors (Lipinski definition) is 1. The number of anilines is 1. The first kappa shape index (κ1) is 23.7. The smallest absolute Gasteiger partial charge is 0.264 e. The summed E-state index contributed by atoms with van der Waals surface area (Å²) in [7, 11) is -0.710. The minimum Gasteiger partial charge on any atom is -0.497 e. The van der Waals surface area contributed by atoms with Gasteiger partial charge in [-0.05, 0) is 54.1 Å². The highest BCUT2D eigenvalue weighted by Crippen LogP contribution is 2.24. The number of sulfonamides is 1. The zero-order valence-corrected chi connectivity index (χ0v) is 19.7. The standard InChI is InChI=1S/C24H26N2O4S2/c1-26(32(28,29)23-14-12-22(30-2)13-15-23)21-10-8-20(9-11-21)24(27)25-16-17-31-18-19-6-4-3-5-7-19/h3-15H,16-18H2,1-2H3,(H,25,27). The number of carbonyl (C=O) groups excluding carboxylic acids is 1. The van der Waals surface area contributed by atoms with Crippen molar-refractivity contribution in [3.8, 4) is 5.75 Å². The summed E-state index contributed by atoms with van der Waals surface area (Å²) < 4.78 is 32.0. The van der Waals surface area contributed by atoms with Crippen molar-refractivity contribution in [1.29, 1.82) is 0 Å². The Labute approximate surface area is 193 Å². The van der Waals surface area contributed by atoms with E-state index >= 15 is 0 Å². The molecule has 0 aromatic heterocycles. The number of hydrogen-bond acceptors (Lipinski definition) is 5. The first-order chi connectivity index (χ1) is 15.4. The lowest BCUT2D eigenvalue weighted by molar-refractivity contribution is 0.0956. The Hall–Kier alpha value is -2.97. The number of carbonyl (C=O) groups is 1. The Balaban J connectivity index is 1.53. The first-order valence-electron chi connectivity index (χ1n) is 10.0. The van der Waals surface area contributed by atoms with E-state index in [1.807, 2.05) is 18.2 Å². The summed E-state index contributed by atoms with van der Waals surface area (Å²) in [5.41, 5.74) is 2.21. The second-order valence-electron chi connectivity index (χ2n) is 6.99. The molecular weight excluding hydrogens is 444 g/mol. The van der Waals surface area contributed by atoms with E-state index in [1.54, 1.807) is 48.2 Å². The maximum atomic E-state index is 12.9. The molecule has 3 rings (SSSR count). The van der Waals surface area contributed by atoms with Crippen LogP contribution in [-0.2, 0) is 15.8 Å². The zero-order valence-electron chi connectivity index (χ0n) is 18.0. The second-order valence-corrected chi connectivity index (χ2v) is 10.1. The van der Waals surface area contributed by atoms with Gasteiger partial charge in [0.2, 0.25) is 0 Å². The number of ether oxygens (including phenoxy) is 1. The third-order valence-electron chi connectivity index (χ3n) is 4.85. The van der Waals surface area contributed by atoms with Crippen molar-refractivity contribution in [3.63, 3.8) is 0 Å². The van der Waals surface area contributed by atoms with Crippen LogP contribution in [-0.4, -0.2) is 40.8 Å². The molecule has 0 aliphatic heterocycles. The fourth-order valence-corrected chi connectivity index (χ4v) is 4.98. The van der Waals surface area contributed by atoms with Gasteiger partial charge in [-0.3, -0.25) is 9.10 Å². The van der Waals surface area contributed by atoms with Crippen LogP contribution in [0.5, 0.6) is 5.75 Å². The van der Waals surface area contributed by atoms with E-state index in [1.165, 1.54) is 36.2 Å². The number of amides is 1. The van der Waals surface area contributed by atoms with E-state index in [2.05, 4.69) is 17.4 Å². The number of nitrogens with one attached hydrogen (secondary N) is 1. The van der Waals surface area contributed by atoms with Gasteiger partial charge in [0, 0.05) is 30.7 Å². The topological polar surface area (TPSA) is 75.7 Å². The van der Waals surface area contributed by atoms with Crippen molar-refractivity contribution in [2.45, 2.75) is 10.6 Å². The summed E-state index contributed by atoms with van der Waals surface area (Å²) in [6.07, 6.45) is 0. The molecule has 3 aromatic carbocycles. The molecule has 1 amide bonds. The van der Waals surface area contributed by atoms with Crippen LogP contribution in [0.1, 0.15) is 15.9 Å². The lowest BCUT2D eigenvalue weighted by atomic mass is 10.2. The normalized spacial score (nSPS) is 11.1. The van der Waals surface area contributed by atoms with Gasteiger partial charge in [-0.15, -0.1) is 0 Å². The highest BCUT2D eigenvalue weighted by atomic mass is 32.2. The van der Waals surface area contributed by atoms with Gasteiger partial charge in [-0.1, -0.05) is 30.3 Å². The minimum atomic E-state index is -3.72. The van der Waals surface area contributed by atoms with Gasteiger partial charge < -0.3 is 10.1 Å². The molecule has 0 spiro atoms. The van der Waals surface area contributed by atoms with Crippen molar-refractivity contribution in [2.75, 3.05) is 30.8 Å². The molecule has 0 bridgehead atoms. The highest BCUT2D eigenvalue weighted by molar-refractivity contribution is 7.98. The molecule has 0 aliphatic rings. The SMILES string of the molecule is COc1ccc(S(=O)(=O)N(C)c2ccc(C(=O)NCCSCc3ccccc3)cc2)cc1. The summed E-state index contributed by atoms with van der Waals surface area (Å²) in [5.74, 6) is 2.11. The summed E-state index contributed by atoms with van der Waals surface area (Å²) in [5, 5.41) is 2.90. The van der Waals surface area contributed by atoms with Crippen LogP contribution in [0, 0.1) is 0 Å². The minimum absolute atomic E-state index is 0.163. The molecular formula is C24H26N2O4S2. The molecule has 0 fully saturated rings. The van der Waals surface area contributed by atoms with E-state index in [-0.39, 0.29) is 10.8 Å². The average Bonchev–Trinajstić information content (AvgIpc) is 2.84.